The Labute approximate surface area is 119 Å². The van der Waals surface area contributed by atoms with Crippen molar-refractivity contribution >= 4 is 11.0 Å². The third-order valence-corrected chi connectivity index (χ3v) is 3.25. The van der Waals surface area contributed by atoms with Crippen LogP contribution in [-0.2, 0) is 13.2 Å². The average Bonchev–Trinajstić information content (AvgIpc) is 2.86. The predicted molar refractivity (Wildman–Crippen MR) is 74.8 cm³/mol. The van der Waals surface area contributed by atoms with Crippen molar-refractivity contribution in [2.24, 2.45) is 0 Å². The Morgan fingerprint density at radius 2 is 2.05 bits per heavy atom. The van der Waals surface area contributed by atoms with Crippen LogP contribution >= 0.6 is 0 Å². The van der Waals surface area contributed by atoms with Crippen molar-refractivity contribution in [1.29, 1.82) is 0 Å². The van der Waals surface area contributed by atoms with Gasteiger partial charge < -0.3 is 9.67 Å². The van der Waals surface area contributed by atoms with E-state index in [0.717, 1.165) is 0 Å². The molecule has 0 aliphatic rings. The van der Waals surface area contributed by atoms with Crippen molar-refractivity contribution in [2.45, 2.75) is 13.2 Å². The first-order valence-electron chi connectivity index (χ1n) is 6.50. The lowest BCUT2D eigenvalue weighted by molar-refractivity contribution is 0.281. The number of nitrogens with zero attached hydrogens (tertiary/aromatic N) is 3. The van der Waals surface area contributed by atoms with Crippen LogP contribution in [0.5, 0.6) is 0 Å². The van der Waals surface area contributed by atoms with Crippen LogP contribution in [0.2, 0.25) is 0 Å². The highest BCUT2D eigenvalue weighted by Gasteiger charge is 2.14. The summed E-state index contributed by atoms with van der Waals surface area (Å²) in [4.78, 5) is 8.47. The van der Waals surface area contributed by atoms with E-state index in [1.54, 1.807) is 29.1 Å². The van der Waals surface area contributed by atoms with Crippen LogP contribution in [0.15, 0.2) is 36.7 Å². The summed E-state index contributed by atoms with van der Waals surface area (Å²) in [6.45, 7) is -0.639. The van der Waals surface area contributed by atoms with E-state index >= 15 is 0 Å². The molecule has 6 heteroatoms. The van der Waals surface area contributed by atoms with Gasteiger partial charge in [0.25, 0.3) is 0 Å². The van der Waals surface area contributed by atoms with Crippen molar-refractivity contribution in [3.8, 4) is 11.4 Å². The van der Waals surface area contributed by atoms with Crippen LogP contribution in [0.3, 0.4) is 0 Å². The van der Waals surface area contributed by atoms with Crippen molar-refractivity contribution in [3.63, 3.8) is 0 Å². The normalized spacial score (nSPS) is 11.2. The van der Waals surface area contributed by atoms with Crippen LogP contribution in [0.4, 0.5) is 8.78 Å². The van der Waals surface area contributed by atoms with Crippen LogP contribution < -0.4 is 0 Å². The Kier molecular flexibility index (Phi) is 3.62. The lowest BCUT2D eigenvalue weighted by atomic mass is 10.2. The summed E-state index contributed by atoms with van der Waals surface area (Å²) in [5.41, 5.74) is 2.43. The number of alkyl halides is 1. The molecule has 0 spiro atoms. The molecule has 0 aliphatic heterocycles. The zero-order valence-electron chi connectivity index (χ0n) is 11.1. The maximum atomic E-state index is 13.4. The number of benzene rings is 1. The smallest absolute Gasteiger partial charge is 0.142 e. The second-order valence-corrected chi connectivity index (χ2v) is 4.65. The van der Waals surface area contributed by atoms with Gasteiger partial charge in [0, 0.05) is 18.0 Å². The van der Waals surface area contributed by atoms with E-state index in [-0.39, 0.29) is 13.2 Å². The Hall–Kier alpha value is -2.34. The van der Waals surface area contributed by atoms with Crippen LogP contribution in [0, 0.1) is 5.82 Å². The average molecular weight is 289 g/mol. The van der Waals surface area contributed by atoms with Gasteiger partial charge in [0.2, 0.25) is 0 Å². The van der Waals surface area contributed by atoms with Gasteiger partial charge in [-0.25, -0.2) is 13.8 Å². The Morgan fingerprint density at radius 1 is 1.19 bits per heavy atom. The molecular weight excluding hydrogens is 276 g/mol. The molecule has 0 bridgehead atoms. The van der Waals surface area contributed by atoms with Crippen molar-refractivity contribution in [1.82, 2.24) is 14.5 Å². The van der Waals surface area contributed by atoms with Gasteiger partial charge in [0.1, 0.15) is 18.3 Å². The highest BCUT2D eigenvalue weighted by atomic mass is 19.1. The molecule has 108 valence electrons. The molecule has 4 nitrogen and oxygen atoms in total. The van der Waals surface area contributed by atoms with Gasteiger partial charge in [-0.15, -0.1) is 0 Å². The molecular formula is C15H13F2N3O. The predicted octanol–water partition coefficient (Wildman–Crippen LogP) is 2.70. The molecule has 3 rings (SSSR count). The minimum atomic E-state index is -0.581. The topological polar surface area (TPSA) is 50.9 Å². The van der Waals surface area contributed by atoms with Crippen molar-refractivity contribution < 1.29 is 13.9 Å². The number of aryl methyl sites for hydroxylation is 1. The summed E-state index contributed by atoms with van der Waals surface area (Å²) < 4.78 is 27.9. The molecule has 0 unspecified atom stereocenters. The highest BCUT2D eigenvalue weighted by Crippen LogP contribution is 2.25. The van der Waals surface area contributed by atoms with Gasteiger partial charge in [-0.1, -0.05) is 0 Å². The SMILES string of the molecule is OCc1cncc(-c2nc3ccc(F)cc3n2CCF)c1. The number of pyridine rings is 1. The maximum Gasteiger partial charge on any atom is 0.142 e. The van der Waals surface area contributed by atoms with E-state index in [4.69, 9.17) is 0 Å². The van der Waals surface area contributed by atoms with Gasteiger partial charge in [-0.05, 0) is 29.8 Å². The minimum Gasteiger partial charge on any atom is -0.392 e. The quantitative estimate of drug-likeness (QED) is 0.803. The number of aliphatic hydroxyl groups excluding tert-OH is 1. The second-order valence-electron chi connectivity index (χ2n) is 4.65. The molecule has 2 heterocycles. The lowest BCUT2D eigenvalue weighted by Crippen LogP contribution is -2.03. The van der Waals surface area contributed by atoms with E-state index in [2.05, 4.69) is 9.97 Å². The van der Waals surface area contributed by atoms with E-state index in [1.807, 2.05) is 0 Å². The van der Waals surface area contributed by atoms with Gasteiger partial charge in [0.15, 0.2) is 0 Å². The first-order chi connectivity index (χ1) is 10.2. The summed E-state index contributed by atoms with van der Waals surface area (Å²) in [6.07, 6.45) is 3.14. The number of aromatic nitrogens is 3. The molecule has 0 radical (unpaired) electrons. The van der Waals surface area contributed by atoms with E-state index < -0.39 is 12.5 Å². The summed E-state index contributed by atoms with van der Waals surface area (Å²) in [7, 11) is 0. The first kappa shape index (κ1) is 13.6. The molecule has 1 N–H and O–H groups in total. The van der Waals surface area contributed by atoms with Gasteiger partial charge in [0.05, 0.1) is 24.2 Å². The molecule has 2 aromatic heterocycles. The number of hydrogen-bond donors (Lipinski definition) is 1. The molecule has 0 atom stereocenters. The minimum absolute atomic E-state index is 0.0820. The Balaban J connectivity index is 2.22. The third-order valence-electron chi connectivity index (χ3n) is 3.25. The molecule has 0 aliphatic carbocycles. The number of rotatable bonds is 4. The number of halogens is 2. The van der Waals surface area contributed by atoms with E-state index in [0.29, 0.717) is 28.0 Å². The summed E-state index contributed by atoms with van der Waals surface area (Å²) in [5, 5.41) is 9.18. The molecule has 21 heavy (non-hydrogen) atoms. The van der Waals surface area contributed by atoms with Crippen LogP contribution in [-0.4, -0.2) is 26.3 Å². The van der Waals surface area contributed by atoms with Gasteiger partial charge >= 0.3 is 0 Å². The number of fused-ring (bicyclic) bond motifs is 1. The molecule has 0 saturated carbocycles. The molecule has 3 aromatic rings. The second kappa shape index (κ2) is 5.57. The summed E-state index contributed by atoms with van der Waals surface area (Å²) in [5.74, 6) is 0.118. The standard InChI is InChI=1S/C15H13F2N3O/c16-3-4-20-14-6-12(17)1-2-13(14)19-15(20)11-5-10(9-21)7-18-8-11/h1-2,5-8,21H,3-4,9H2. The Bertz CT molecular complexity index is 786. The number of imidazole rings is 1. The fraction of sp³-hybridized carbons (Fsp3) is 0.200. The first-order valence-corrected chi connectivity index (χ1v) is 6.50. The fourth-order valence-corrected chi connectivity index (χ4v) is 2.32. The lowest BCUT2D eigenvalue weighted by Gasteiger charge is -2.07. The zero-order chi connectivity index (χ0) is 14.8. The van der Waals surface area contributed by atoms with Gasteiger partial charge in [-0.2, -0.15) is 0 Å². The maximum absolute atomic E-state index is 13.4. The largest absolute Gasteiger partial charge is 0.392 e. The summed E-state index contributed by atoms with van der Waals surface area (Å²) in [6, 6.07) is 5.96. The monoisotopic (exact) mass is 289 g/mol. The summed E-state index contributed by atoms with van der Waals surface area (Å²) >= 11 is 0. The third kappa shape index (κ3) is 2.50. The number of hydrogen-bond acceptors (Lipinski definition) is 3. The molecule has 0 fully saturated rings. The Morgan fingerprint density at radius 3 is 2.81 bits per heavy atom. The van der Waals surface area contributed by atoms with Crippen LogP contribution in [0.25, 0.3) is 22.4 Å². The zero-order valence-corrected chi connectivity index (χ0v) is 11.1. The van der Waals surface area contributed by atoms with Crippen molar-refractivity contribution in [2.75, 3.05) is 6.67 Å². The van der Waals surface area contributed by atoms with E-state index in [9.17, 15) is 13.9 Å². The highest BCUT2D eigenvalue weighted by molar-refractivity contribution is 5.80. The van der Waals surface area contributed by atoms with Crippen molar-refractivity contribution in [3.05, 3.63) is 48.0 Å². The van der Waals surface area contributed by atoms with Crippen LogP contribution in [0.1, 0.15) is 5.56 Å². The molecule has 0 saturated heterocycles. The fourth-order valence-electron chi connectivity index (χ4n) is 2.32. The van der Waals surface area contributed by atoms with E-state index in [1.165, 1.54) is 12.1 Å². The number of aliphatic hydroxyl groups is 1. The molecule has 0 amide bonds. The molecule has 1 aromatic carbocycles. The van der Waals surface area contributed by atoms with Gasteiger partial charge in [-0.3, -0.25) is 4.98 Å².